The van der Waals surface area contributed by atoms with Crippen molar-refractivity contribution in [1.82, 2.24) is 10.3 Å². The maximum absolute atomic E-state index is 13.2. The molecule has 0 radical (unpaired) electrons. The molecule has 0 aliphatic carbocycles. The van der Waals surface area contributed by atoms with Crippen molar-refractivity contribution in [3.63, 3.8) is 0 Å². The van der Waals surface area contributed by atoms with Crippen LogP contribution < -0.4 is 10.2 Å². The highest BCUT2D eigenvalue weighted by molar-refractivity contribution is 5.67. The summed E-state index contributed by atoms with van der Waals surface area (Å²) in [5.74, 6) is -0.0406. The third-order valence-corrected chi connectivity index (χ3v) is 3.46. The van der Waals surface area contributed by atoms with E-state index >= 15 is 0 Å². The minimum absolute atomic E-state index is 0.0406. The van der Waals surface area contributed by atoms with E-state index < -0.39 is 11.7 Å². The predicted molar refractivity (Wildman–Crippen MR) is 74.4 cm³/mol. The number of fused-ring (bicyclic) bond motifs is 1. The number of alkyl halides is 3. The Morgan fingerprint density at radius 3 is 2.71 bits per heavy atom. The van der Waals surface area contributed by atoms with Gasteiger partial charge in [-0.25, -0.2) is 4.98 Å². The van der Waals surface area contributed by atoms with Gasteiger partial charge in [-0.2, -0.15) is 13.2 Å². The lowest BCUT2D eigenvalue weighted by Gasteiger charge is -2.26. The van der Waals surface area contributed by atoms with Gasteiger partial charge < -0.3 is 10.2 Å². The monoisotopic (exact) mass is 293 g/mol. The summed E-state index contributed by atoms with van der Waals surface area (Å²) in [5.41, 5.74) is 1.03. The molecule has 3 rings (SSSR count). The number of nitrogens with one attached hydrogen (secondary N) is 1. The zero-order valence-corrected chi connectivity index (χ0v) is 11.2. The van der Waals surface area contributed by atoms with Crippen LogP contribution >= 0.6 is 0 Å². The van der Waals surface area contributed by atoms with Crippen molar-refractivity contribution >= 4 is 11.5 Å². The van der Waals surface area contributed by atoms with E-state index in [0.717, 1.165) is 17.3 Å². The van der Waals surface area contributed by atoms with Crippen molar-refractivity contribution in [2.45, 2.75) is 12.7 Å². The molecule has 2 heterocycles. The third-order valence-electron chi connectivity index (χ3n) is 3.46. The van der Waals surface area contributed by atoms with E-state index in [4.69, 9.17) is 0 Å². The van der Waals surface area contributed by atoms with Crippen molar-refractivity contribution in [1.29, 1.82) is 0 Å². The number of halogens is 3. The highest BCUT2D eigenvalue weighted by Crippen LogP contribution is 2.38. The Labute approximate surface area is 120 Å². The van der Waals surface area contributed by atoms with Crippen molar-refractivity contribution in [3.8, 4) is 0 Å². The van der Waals surface area contributed by atoms with Gasteiger partial charge in [-0.05, 0) is 23.8 Å². The number of benzene rings is 1. The molecule has 0 amide bonds. The van der Waals surface area contributed by atoms with E-state index in [2.05, 4.69) is 10.3 Å². The number of anilines is 2. The molecule has 1 aromatic carbocycles. The Bertz CT molecular complexity index is 640. The molecule has 3 nitrogen and oxygen atoms in total. The lowest BCUT2D eigenvalue weighted by atomic mass is 10.1. The third kappa shape index (κ3) is 2.71. The Kier molecular flexibility index (Phi) is 3.55. The van der Waals surface area contributed by atoms with E-state index in [-0.39, 0.29) is 5.82 Å². The SMILES string of the molecule is FC(F)(F)c1cccnc1N1CCNCc2ccccc21. The van der Waals surface area contributed by atoms with Crippen LogP contribution in [0.3, 0.4) is 0 Å². The van der Waals surface area contributed by atoms with Crippen LogP contribution in [0.4, 0.5) is 24.7 Å². The number of rotatable bonds is 1. The molecular weight excluding hydrogens is 279 g/mol. The molecule has 0 fully saturated rings. The lowest BCUT2D eigenvalue weighted by molar-refractivity contribution is -0.137. The molecule has 0 saturated heterocycles. The Hall–Kier alpha value is -2.08. The number of nitrogens with zero attached hydrogens (tertiary/aromatic N) is 2. The standard InChI is InChI=1S/C15H14F3N3/c16-15(17,18)12-5-3-7-20-14(12)21-9-8-19-10-11-4-1-2-6-13(11)21/h1-7,19H,8-10H2. The maximum Gasteiger partial charge on any atom is 0.419 e. The summed E-state index contributed by atoms with van der Waals surface area (Å²) in [5, 5.41) is 3.21. The summed E-state index contributed by atoms with van der Waals surface area (Å²) >= 11 is 0. The van der Waals surface area contributed by atoms with Crippen LogP contribution in [0.25, 0.3) is 0 Å². The van der Waals surface area contributed by atoms with Crippen LogP contribution in [-0.4, -0.2) is 18.1 Å². The van der Waals surface area contributed by atoms with Crippen molar-refractivity contribution in [2.24, 2.45) is 0 Å². The second-order valence-electron chi connectivity index (χ2n) is 4.83. The van der Waals surface area contributed by atoms with Gasteiger partial charge in [-0.3, -0.25) is 0 Å². The molecule has 1 aliphatic rings. The molecule has 2 aromatic rings. The Morgan fingerprint density at radius 1 is 1.10 bits per heavy atom. The van der Waals surface area contributed by atoms with Crippen LogP contribution in [-0.2, 0) is 12.7 Å². The molecule has 1 aliphatic heterocycles. The molecule has 6 heteroatoms. The number of para-hydroxylation sites is 1. The minimum atomic E-state index is -4.42. The van der Waals surface area contributed by atoms with Crippen LogP contribution in [0.15, 0.2) is 42.6 Å². The van der Waals surface area contributed by atoms with Crippen LogP contribution in [0.5, 0.6) is 0 Å². The normalized spacial score (nSPS) is 15.5. The number of hydrogen-bond donors (Lipinski definition) is 1. The van der Waals surface area contributed by atoms with Gasteiger partial charge in [0.05, 0.1) is 5.56 Å². The lowest BCUT2D eigenvalue weighted by Crippen LogP contribution is -2.27. The van der Waals surface area contributed by atoms with Gasteiger partial charge in [0.1, 0.15) is 5.82 Å². The highest BCUT2D eigenvalue weighted by Gasteiger charge is 2.36. The minimum Gasteiger partial charge on any atom is -0.324 e. The summed E-state index contributed by atoms with van der Waals surface area (Å²) in [7, 11) is 0. The van der Waals surface area contributed by atoms with E-state index in [9.17, 15) is 13.2 Å². The first kappa shape index (κ1) is 13.9. The number of hydrogen-bond acceptors (Lipinski definition) is 3. The first-order valence-electron chi connectivity index (χ1n) is 6.66. The second-order valence-corrected chi connectivity index (χ2v) is 4.83. The molecular formula is C15H14F3N3. The highest BCUT2D eigenvalue weighted by atomic mass is 19.4. The van der Waals surface area contributed by atoms with E-state index in [1.807, 2.05) is 24.3 Å². The van der Waals surface area contributed by atoms with Crippen LogP contribution in [0.1, 0.15) is 11.1 Å². The zero-order valence-electron chi connectivity index (χ0n) is 11.2. The van der Waals surface area contributed by atoms with Gasteiger partial charge in [0, 0.05) is 31.5 Å². The fourth-order valence-corrected chi connectivity index (χ4v) is 2.51. The zero-order chi connectivity index (χ0) is 14.9. The molecule has 0 unspecified atom stereocenters. The molecule has 0 saturated carbocycles. The number of pyridine rings is 1. The fourth-order valence-electron chi connectivity index (χ4n) is 2.51. The average Bonchev–Trinajstić information content (AvgIpc) is 2.68. The molecule has 21 heavy (non-hydrogen) atoms. The smallest absolute Gasteiger partial charge is 0.324 e. The van der Waals surface area contributed by atoms with E-state index in [1.54, 1.807) is 4.90 Å². The predicted octanol–water partition coefficient (Wildman–Crippen LogP) is 3.34. The summed E-state index contributed by atoms with van der Waals surface area (Å²) in [4.78, 5) is 5.62. The molecule has 1 aromatic heterocycles. The Balaban J connectivity index is 2.13. The fraction of sp³-hybridized carbons (Fsp3) is 0.267. The Morgan fingerprint density at radius 2 is 1.90 bits per heavy atom. The van der Waals surface area contributed by atoms with Crippen LogP contribution in [0, 0.1) is 0 Å². The summed E-state index contributed by atoms with van der Waals surface area (Å²) in [6, 6.07) is 9.84. The molecule has 0 bridgehead atoms. The summed E-state index contributed by atoms with van der Waals surface area (Å²) in [6.07, 6.45) is -3.02. The first-order chi connectivity index (χ1) is 10.1. The molecule has 0 spiro atoms. The van der Waals surface area contributed by atoms with Crippen LogP contribution in [0.2, 0.25) is 0 Å². The van der Waals surface area contributed by atoms with Gasteiger partial charge in [-0.15, -0.1) is 0 Å². The van der Waals surface area contributed by atoms with E-state index in [0.29, 0.717) is 19.6 Å². The topological polar surface area (TPSA) is 28.2 Å². The van der Waals surface area contributed by atoms with Gasteiger partial charge in [0.15, 0.2) is 0 Å². The largest absolute Gasteiger partial charge is 0.419 e. The second kappa shape index (κ2) is 5.37. The summed E-state index contributed by atoms with van der Waals surface area (Å²) in [6.45, 7) is 1.68. The summed E-state index contributed by atoms with van der Waals surface area (Å²) < 4.78 is 39.6. The van der Waals surface area contributed by atoms with Gasteiger partial charge >= 0.3 is 6.18 Å². The average molecular weight is 293 g/mol. The molecule has 110 valence electrons. The molecule has 0 atom stereocenters. The van der Waals surface area contributed by atoms with Crippen molar-refractivity contribution in [3.05, 3.63) is 53.7 Å². The maximum atomic E-state index is 13.2. The van der Waals surface area contributed by atoms with Gasteiger partial charge in [0.25, 0.3) is 0 Å². The van der Waals surface area contributed by atoms with Crippen molar-refractivity contribution in [2.75, 3.05) is 18.0 Å². The number of aromatic nitrogens is 1. The van der Waals surface area contributed by atoms with Gasteiger partial charge in [-0.1, -0.05) is 18.2 Å². The van der Waals surface area contributed by atoms with E-state index in [1.165, 1.54) is 12.3 Å². The van der Waals surface area contributed by atoms with Gasteiger partial charge in [0.2, 0.25) is 0 Å². The molecule has 1 N–H and O–H groups in total. The first-order valence-corrected chi connectivity index (χ1v) is 6.66. The van der Waals surface area contributed by atoms with Crippen molar-refractivity contribution < 1.29 is 13.2 Å². The quantitative estimate of drug-likeness (QED) is 0.874.